The second kappa shape index (κ2) is 5.66. The SMILES string of the molecule is CC.CC#CC1(O)CCCN(C)C1=O. The minimum Gasteiger partial charge on any atom is -0.369 e. The van der Waals surface area contributed by atoms with Gasteiger partial charge in [-0.2, -0.15) is 0 Å². The second-order valence-electron chi connectivity index (χ2n) is 3.07. The van der Waals surface area contributed by atoms with Crippen molar-refractivity contribution in [1.82, 2.24) is 4.90 Å². The van der Waals surface area contributed by atoms with E-state index < -0.39 is 5.60 Å². The minimum atomic E-state index is -1.41. The summed E-state index contributed by atoms with van der Waals surface area (Å²) in [6.07, 6.45) is 1.27. The highest BCUT2D eigenvalue weighted by atomic mass is 16.3. The van der Waals surface area contributed by atoms with E-state index in [4.69, 9.17) is 0 Å². The van der Waals surface area contributed by atoms with Gasteiger partial charge in [-0.15, -0.1) is 5.92 Å². The van der Waals surface area contributed by atoms with Crippen LogP contribution in [0.4, 0.5) is 0 Å². The maximum absolute atomic E-state index is 11.4. The molecule has 0 saturated carbocycles. The van der Waals surface area contributed by atoms with E-state index in [9.17, 15) is 9.90 Å². The lowest BCUT2D eigenvalue weighted by molar-refractivity contribution is -0.148. The summed E-state index contributed by atoms with van der Waals surface area (Å²) in [6.45, 7) is 6.34. The monoisotopic (exact) mass is 197 g/mol. The number of hydrogen-bond donors (Lipinski definition) is 1. The molecule has 1 fully saturated rings. The quantitative estimate of drug-likeness (QED) is 0.589. The molecule has 1 aliphatic rings. The Morgan fingerprint density at radius 1 is 1.50 bits per heavy atom. The fraction of sp³-hybridized carbons (Fsp3) is 0.727. The Bertz CT molecular complexity index is 252. The molecule has 1 aliphatic heterocycles. The van der Waals surface area contributed by atoms with Crippen LogP contribution in [0.5, 0.6) is 0 Å². The van der Waals surface area contributed by atoms with Crippen molar-refractivity contribution in [2.75, 3.05) is 13.6 Å². The number of nitrogens with zero attached hydrogens (tertiary/aromatic N) is 1. The Kier molecular flexibility index (Phi) is 5.26. The van der Waals surface area contributed by atoms with Gasteiger partial charge >= 0.3 is 0 Å². The molecule has 1 saturated heterocycles. The summed E-state index contributed by atoms with van der Waals surface area (Å²) in [5.41, 5.74) is -1.41. The van der Waals surface area contributed by atoms with Crippen molar-refractivity contribution in [1.29, 1.82) is 0 Å². The Hall–Kier alpha value is -1.01. The zero-order chi connectivity index (χ0) is 11.2. The molecule has 0 aromatic rings. The molecular formula is C11H19NO2. The first-order valence-corrected chi connectivity index (χ1v) is 5.02. The zero-order valence-electron chi connectivity index (χ0n) is 9.42. The molecule has 1 N–H and O–H groups in total. The van der Waals surface area contributed by atoms with E-state index in [0.29, 0.717) is 13.0 Å². The third-order valence-electron chi connectivity index (χ3n) is 2.06. The molecule has 0 bridgehead atoms. The normalized spacial score (nSPS) is 25.8. The standard InChI is InChI=1S/C9H13NO2.C2H6/c1-3-5-9(12)6-4-7-10(2)8(9)11;1-2/h12H,4,6-7H2,1-2H3;1-2H3. The van der Waals surface area contributed by atoms with Gasteiger partial charge in [0.2, 0.25) is 5.60 Å². The largest absolute Gasteiger partial charge is 0.369 e. The predicted molar refractivity (Wildman–Crippen MR) is 56.6 cm³/mol. The third kappa shape index (κ3) is 2.74. The Morgan fingerprint density at radius 3 is 2.57 bits per heavy atom. The van der Waals surface area contributed by atoms with Crippen LogP contribution < -0.4 is 0 Å². The molecule has 1 amide bonds. The highest BCUT2D eigenvalue weighted by Gasteiger charge is 2.39. The molecule has 1 atom stereocenters. The van der Waals surface area contributed by atoms with Crippen LogP contribution in [0, 0.1) is 11.8 Å². The average molecular weight is 197 g/mol. The van der Waals surface area contributed by atoms with E-state index in [1.54, 1.807) is 14.0 Å². The number of aliphatic hydroxyl groups is 1. The minimum absolute atomic E-state index is 0.275. The van der Waals surface area contributed by atoms with Crippen LogP contribution in [0.3, 0.4) is 0 Å². The molecule has 1 unspecified atom stereocenters. The topological polar surface area (TPSA) is 40.5 Å². The highest BCUT2D eigenvalue weighted by Crippen LogP contribution is 2.20. The van der Waals surface area contributed by atoms with Gasteiger partial charge in [0, 0.05) is 13.6 Å². The zero-order valence-corrected chi connectivity index (χ0v) is 9.42. The highest BCUT2D eigenvalue weighted by molar-refractivity contribution is 5.88. The molecule has 80 valence electrons. The molecular weight excluding hydrogens is 178 g/mol. The third-order valence-corrected chi connectivity index (χ3v) is 2.06. The molecule has 0 aromatic carbocycles. The van der Waals surface area contributed by atoms with Crippen LogP contribution in [-0.4, -0.2) is 35.1 Å². The maximum Gasteiger partial charge on any atom is 0.266 e. The number of rotatable bonds is 0. The van der Waals surface area contributed by atoms with E-state index in [-0.39, 0.29) is 5.91 Å². The number of hydrogen-bond acceptors (Lipinski definition) is 2. The smallest absolute Gasteiger partial charge is 0.266 e. The predicted octanol–water partition coefficient (Wildman–Crippen LogP) is 1.02. The summed E-state index contributed by atoms with van der Waals surface area (Å²) in [5, 5.41) is 9.75. The molecule has 1 rings (SSSR count). The fourth-order valence-corrected chi connectivity index (χ4v) is 1.42. The van der Waals surface area contributed by atoms with Crippen molar-refractivity contribution in [3.63, 3.8) is 0 Å². The summed E-state index contributed by atoms with van der Waals surface area (Å²) >= 11 is 0. The van der Waals surface area contributed by atoms with Gasteiger partial charge in [0.25, 0.3) is 5.91 Å². The van der Waals surface area contributed by atoms with Crippen LogP contribution >= 0.6 is 0 Å². The summed E-state index contributed by atoms with van der Waals surface area (Å²) in [5.74, 6) is 4.86. The Balaban J connectivity index is 0.000000791. The number of piperidine rings is 1. The van der Waals surface area contributed by atoms with Gasteiger partial charge in [-0.25, -0.2) is 0 Å². The Morgan fingerprint density at radius 2 is 2.07 bits per heavy atom. The van der Waals surface area contributed by atoms with Crippen LogP contribution in [-0.2, 0) is 4.79 Å². The van der Waals surface area contributed by atoms with Gasteiger partial charge < -0.3 is 10.0 Å². The van der Waals surface area contributed by atoms with E-state index in [1.165, 1.54) is 4.90 Å². The van der Waals surface area contributed by atoms with Crippen LogP contribution in [0.1, 0.15) is 33.6 Å². The first kappa shape index (κ1) is 13.0. The number of likely N-dealkylation sites (N-methyl/N-ethyl adjacent to an activating group) is 1. The lowest BCUT2D eigenvalue weighted by Gasteiger charge is -2.32. The van der Waals surface area contributed by atoms with Crippen LogP contribution in [0.15, 0.2) is 0 Å². The molecule has 3 heteroatoms. The lowest BCUT2D eigenvalue weighted by atomic mass is 9.93. The van der Waals surface area contributed by atoms with Crippen molar-refractivity contribution in [3.05, 3.63) is 0 Å². The van der Waals surface area contributed by atoms with E-state index in [1.807, 2.05) is 13.8 Å². The fourth-order valence-electron chi connectivity index (χ4n) is 1.42. The molecule has 0 radical (unpaired) electrons. The van der Waals surface area contributed by atoms with Crippen molar-refractivity contribution in [2.24, 2.45) is 0 Å². The van der Waals surface area contributed by atoms with Crippen molar-refractivity contribution in [3.8, 4) is 11.8 Å². The van der Waals surface area contributed by atoms with E-state index in [0.717, 1.165) is 6.42 Å². The molecule has 0 aromatic heterocycles. The summed E-state index contributed by atoms with van der Waals surface area (Å²) in [6, 6.07) is 0. The maximum atomic E-state index is 11.4. The molecule has 0 aliphatic carbocycles. The van der Waals surface area contributed by atoms with Gasteiger partial charge in [0.15, 0.2) is 0 Å². The number of carbonyl (C=O) groups is 1. The number of carbonyl (C=O) groups excluding carboxylic acids is 1. The average Bonchev–Trinajstić information content (AvgIpc) is 2.18. The van der Waals surface area contributed by atoms with Gasteiger partial charge in [-0.1, -0.05) is 19.8 Å². The molecule has 0 spiro atoms. The van der Waals surface area contributed by atoms with Gasteiger partial charge in [0.05, 0.1) is 0 Å². The van der Waals surface area contributed by atoms with E-state index >= 15 is 0 Å². The number of amides is 1. The number of likely N-dealkylation sites (tertiary alicyclic amines) is 1. The van der Waals surface area contributed by atoms with Crippen molar-refractivity contribution < 1.29 is 9.90 Å². The first-order chi connectivity index (χ1) is 6.60. The van der Waals surface area contributed by atoms with Crippen LogP contribution in [0.25, 0.3) is 0 Å². The van der Waals surface area contributed by atoms with Crippen LogP contribution in [0.2, 0.25) is 0 Å². The summed E-state index contributed by atoms with van der Waals surface area (Å²) < 4.78 is 0. The van der Waals surface area contributed by atoms with Crippen molar-refractivity contribution in [2.45, 2.75) is 39.2 Å². The molecule has 3 nitrogen and oxygen atoms in total. The van der Waals surface area contributed by atoms with Gasteiger partial charge in [-0.3, -0.25) is 4.79 Å². The Labute approximate surface area is 86.1 Å². The molecule has 14 heavy (non-hydrogen) atoms. The van der Waals surface area contributed by atoms with Crippen molar-refractivity contribution >= 4 is 5.91 Å². The van der Waals surface area contributed by atoms with Gasteiger partial charge in [-0.05, 0) is 19.8 Å². The lowest BCUT2D eigenvalue weighted by Crippen LogP contribution is -2.51. The van der Waals surface area contributed by atoms with Gasteiger partial charge in [0.1, 0.15) is 0 Å². The first-order valence-electron chi connectivity index (χ1n) is 5.02. The summed E-state index contributed by atoms with van der Waals surface area (Å²) in [4.78, 5) is 12.9. The summed E-state index contributed by atoms with van der Waals surface area (Å²) in [7, 11) is 1.68. The molecule has 1 heterocycles. The second-order valence-corrected chi connectivity index (χ2v) is 3.07. The van der Waals surface area contributed by atoms with E-state index in [2.05, 4.69) is 11.8 Å².